The molecule has 1 rings (SSSR count). The second-order valence-electron chi connectivity index (χ2n) is 5.06. The van der Waals surface area contributed by atoms with Gasteiger partial charge < -0.3 is 10.4 Å². The number of carbonyl (C=O) groups excluding carboxylic acids is 1. The van der Waals surface area contributed by atoms with Gasteiger partial charge in [-0.25, -0.2) is 0 Å². The molecule has 4 heteroatoms. The molecule has 2 N–H and O–H groups in total. The Morgan fingerprint density at radius 3 is 2.20 bits per heavy atom. The van der Waals surface area contributed by atoms with Crippen LogP contribution in [0.25, 0.3) is 0 Å². The van der Waals surface area contributed by atoms with Gasteiger partial charge in [0.2, 0.25) is 5.91 Å². The number of amides is 1. The van der Waals surface area contributed by atoms with Crippen LogP contribution in [0, 0.1) is 16.7 Å². The molecule has 1 aliphatic carbocycles. The molecule has 0 radical (unpaired) electrons. The summed E-state index contributed by atoms with van der Waals surface area (Å²) in [5.41, 5.74) is -1.30. The predicted molar refractivity (Wildman–Crippen MR) is 56.3 cm³/mol. The third-order valence-electron chi connectivity index (χ3n) is 4.26. The Balaban J connectivity index is 3.04. The van der Waals surface area contributed by atoms with Gasteiger partial charge in [-0.2, -0.15) is 0 Å². The minimum absolute atomic E-state index is 0.0509. The van der Waals surface area contributed by atoms with Gasteiger partial charge in [0.05, 0.1) is 5.41 Å². The molecule has 1 amide bonds. The molecule has 0 heterocycles. The number of carboxylic acid groups (broad SMARTS) is 1. The van der Waals surface area contributed by atoms with E-state index in [4.69, 9.17) is 0 Å². The molecule has 2 atom stereocenters. The van der Waals surface area contributed by atoms with Crippen LogP contribution in [0.15, 0.2) is 0 Å². The molecular weight excluding hydrogens is 194 g/mol. The van der Waals surface area contributed by atoms with Gasteiger partial charge >= 0.3 is 5.97 Å². The van der Waals surface area contributed by atoms with Crippen LogP contribution in [0.3, 0.4) is 0 Å². The van der Waals surface area contributed by atoms with E-state index in [1.807, 2.05) is 13.8 Å². The lowest BCUT2D eigenvalue weighted by atomic mass is 9.65. The van der Waals surface area contributed by atoms with Crippen LogP contribution in [0.2, 0.25) is 0 Å². The fraction of sp³-hybridized carbons (Fsp3) is 0.818. The van der Waals surface area contributed by atoms with Crippen molar-refractivity contribution in [1.29, 1.82) is 0 Å². The standard InChI is InChI=1S/C11H19NO3/c1-10(2)7(8(13)12-4)5-6-11(10,3)9(14)15/h7H,5-6H2,1-4H3,(H,12,13)(H,14,15)/t7-,11+/m1/s1. The van der Waals surface area contributed by atoms with Gasteiger partial charge in [-0.15, -0.1) is 0 Å². The molecule has 0 saturated heterocycles. The fourth-order valence-electron chi connectivity index (χ4n) is 2.52. The summed E-state index contributed by atoms with van der Waals surface area (Å²) in [4.78, 5) is 22.9. The molecular formula is C11H19NO3. The first-order valence-corrected chi connectivity index (χ1v) is 5.22. The lowest BCUT2D eigenvalue weighted by molar-refractivity contribution is -0.155. The van der Waals surface area contributed by atoms with Crippen molar-refractivity contribution < 1.29 is 14.7 Å². The smallest absolute Gasteiger partial charge is 0.309 e. The van der Waals surface area contributed by atoms with Crippen LogP contribution < -0.4 is 5.32 Å². The average molecular weight is 213 g/mol. The second-order valence-corrected chi connectivity index (χ2v) is 5.06. The Kier molecular flexibility index (Phi) is 2.81. The molecule has 0 bridgehead atoms. The van der Waals surface area contributed by atoms with E-state index in [1.54, 1.807) is 14.0 Å². The van der Waals surface area contributed by atoms with Gasteiger partial charge in [0.15, 0.2) is 0 Å². The first-order chi connectivity index (χ1) is 6.77. The summed E-state index contributed by atoms with van der Waals surface area (Å²) in [7, 11) is 1.59. The lowest BCUT2D eigenvalue weighted by Gasteiger charge is -2.37. The highest BCUT2D eigenvalue weighted by Crippen LogP contribution is 2.55. The van der Waals surface area contributed by atoms with Crippen LogP contribution in [0.1, 0.15) is 33.6 Å². The summed E-state index contributed by atoms with van der Waals surface area (Å²) in [6, 6.07) is 0. The molecule has 0 aromatic heterocycles. The first-order valence-electron chi connectivity index (χ1n) is 5.22. The highest BCUT2D eigenvalue weighted by atomic mass is 16.4. The summed E-state index contributed by atoms with van der Waals surface area (Å²) < 4.78 is 0. The van der Waals surface area contributed by atoms with Gasteiger partial charge in [-0.3, -0.25) is 9.59 Å². The number of carbonyl (C=O) groups is 2. The quantitative estimate of drug-likeness (QED) is 0.725. The van der Waals surface area contributed by atoms with Crippen molar-refractivity contribution in [3.05, 3.63) is 0 Å². The van der Waals surface area contributed by atoms with E-state index in [-0.39, 0.29) is 11.8 Å². The van der Waals surface area contributed by atoms with Crippen LogP contribution >= 0.6 is 0 Å². The third kappa shape index (κ3) is 1.52. The summed E-state index contributed by atoms with van der Waals surface area (Å²) >= 11 is 0. The molecule has 86 valence electrons. The van der Waals surface area contributed by atoms with Crippen LogP contribution in [0.5, 0.6) is 0 Å². The zero-order valence-electron chi connectivity index (χ0n) is 9.76. The van der Waals surface area contributed by atoms with Crippen molar-refractivity contribution >= 4 is 11.9 Å². The van der Waals surface area contributed by atoms with E-state index in [1.165, 1.54) is 0 Å². The monoisotopic (exact) mass is 213 g/mol. The summed E-state index contributed by atoms with van der Waals surface area (Å²) in [5, 5.41) is 11.9. The maximum absolute atomic E-state index is 11.6. The number of aliphatic carboxylic acids is 1. The van der Waals surface area contributed by atoms with Crippen molar-refractivity contribution in [1.82, 2.24) is 5.32 Å². The van der Waals surface area contributed by atoms with E-state index in [0.717, 1.165) is 0 Å². The van der Waals surface area contributed by atoms with Crippen molar-refractivity contribution in [2.75, 3.05) is 7.05 Å². The zero-order valence-corrected chi connectivity index (χ0v) is 9.76. The maximum atomic E-state index is 11.6. The minimum atomic E-state index is -0.807. The number of nitrogens with one attached hydrogen (secondary N) is 1. The van der Waals surface area contributed by atoms with Crippen LogP contribution in [-0.4, -0.2) is 24.0 Å². The lowest BCUT2D eigenvalue weighted by Crippen LogP contribution is -2.44. The number of hydrogen-bond donors (Lipinski definition) is 2. The number of hydrogen-bond acceptors (Lipinski definition) is 2. The van der Waals surface area contributed by atoms with Crippen molar-refractivity contribution in [2.24, 2.45) is 16.7 Å². The highest BCUT2D eigenvalue weighted by molar-refractivity contribution is 5.83. The average Bonchev–Trinajstić information content (AvgIpc) is 2.39. The van der Waals surface area contributed by atoms with E-state index < -0.39 is 16.8 Å². The molecule has 1 aliphatic rings. The van der Waals surface area contributed by atoms with E-state index >= 15 is 0 Å². The van der Waals surface area contributed by atoms with E-state index in [9.17, 15) is 14.7 Å². The zero-order chi connectivity index (χ0) is 11.9. The van der Waals surface area contributed by atoms with Gasteiger partial charge in [-0.1, -0.05) is 13.8 Å². The molecule has 1 fully saturated rings. The van der Waals surface area contributed by atoms with E-state index in [2.05, 4.69) is 5.32 Å². The summed E-state index contributed by atoms with van der Waals surface area (Å²) in [6.07, 6.45) is 1.21. The third-order valence-corrected chi connectivity index (χ3v) is 4.26. The topological polar surface area (TPSA) is 66.4 Å². The maximum Gasteiger partial charge on any atom is 0.309 e. The molecule has 4 nitrogen and oxygen atoms in total. The molecule has 0 aliphatic heterocycles. The molecule has 1 saturated carbocycles. The Labute approximate surface area is 90.0 Å². The Morgan fingerprint density at radius 1 is 1.33 bits per heavy atom. The van der Waals surface area contributed by atoms with Gasteiger partial charge in [0, 0.05) is 13.0 Å². The van der Waals surface area contributed by atoms with Gasteiger partial charge in [0.25, 0.3) is 0 Å². The van der Waals surface area contributed by atoms with Crippen molar-refractivity contribution in [3.8, 4) is 0 Å². The molecule has 0 aromatic carbocycles. The fourth-order valence-corrected chi connectivity index (χ4v) is 2.52. The minimum Gasteiger partial charge on any atom is -0.481 e. The molecule has 0 aromatic rings. The van der Waals surface area contributed by atoms with Crippen LogP contribution in [0.4, 0.5) is 0 Å². The van der Waals surface area contributed by atoms with Crippen LogP contribution in [-0.2, 0) is 9.59 Å². The SMILES string of the molecule is CNC(=O)[C@H]1CC[C@@](C)(C(=O)O)C1(C)C. The molecule has 0 spiro atoms. The predicted octanol–water partition coefficient (Wildman–Crippen LogP) is 1.26. The molecule has 0 unspecified atom stereocenters. The van der Waals surface area contributed by atoms with Crippen molar-refractivity contribution in [2.45, 2.75) is 33.6 Å². The molecule has 15 heavy (non-hydrogen) atoms. The Hall–Kier alpha value is -1.06. The largest absolute Gasteiger partial charge is 0.481 e. The van der Waals surface area contributed by atoms with Gasteiger partial charge in [0.1, 0.15) is 0 Å². The Bertz CT molecular complexity index is 298. The number of carboxylic acids is 1. The van der Waals surface area contributed by atoms with Gasteiger partial charge in [-0.05, 0) is 25.2 Å². The summed E-state index contributed by atoms with van der Waals surface area (Å²) in [5.74, 6) is -1.06. The normalized spacial score (nSPS) is 33.7. The second kappa shape index (κ2) is 3.51. The first kappa shape index (κ1) is 12.0. The Morgan fingerprint density at radius 2 is 1.87 bits per heavy atom. The van der Waals surface area contributed by atoms with E-state index in [0.29, 0.717) is 12.8 Å². The highest BCUT2D eigenvalue weighted by Gasteiger charge is 2.58. The summed E-state index contributed by atoms with van der Waals surface area (Å²) in [6.45, 7) is 5.47. The van der Waals surface area contributed by atoms with Crippen molar-refractivity contribution in [3.63, 3.8) is 0 Å². The number of rotatable bonds is 2.